The molecule has 8 aliphatic rings. The number of hydrogen-bond acceptors (Lipinski definition) is 21. The number of hydrogen-bond donors (Lipinski definition) is 6. The predicted octanol–water partition coefficient (Wildman–Crippen LogP) is 7.83. The summed E-state index contributed by atoms with van der Waals surface area (Å²) in [6, 6.07) is 22.5. The highest BCUT2D eigenvalue weighted by molar-refractivity contribution is 7.92. The third-order valence-corrected chi connectivity index (χ3v) is 21.5. The van der Waals surface area contributed by atoms with Crippen molar-refractivity contribution in [2.24, 2.45) is 29.3 Å². The Balaban J connectivity index is 0.000000169. The first-order valence-corrected chi connectivity index (χ1v) is 39.5. The molecule has 11 heterocycles. The van der Waals surface area contributed by atoms with Crippen LogP contribution in [0.5, 0.6) is 0 Å². The second-order valence-corrected chi connectivity index (χ2v) is 31.4. The molecule has 7 aromatic rings. The largest absolute Gasteiger partial charge is 0.373 e. The van der Waals surface area contributed by atoms with Crippen LogP contribution in [0.25, 0.3) is 11.3 Å². The van der Waals surface area contributed by atoms with Gasteiger partial charge in [0, 0.05) is 98.8 Å². The van der Waals surface area contributed by atoms with E-state index >= 15 is 0 Å². The number of rotatable bonds is 13. The molecule has 29 nitrogen and oxygen atoms in total. The minimum atomic E-state index is -3.63. The van der Waals surface area contributed by atoms with E-state index in [2.05, 4.69) is 53.3 Å². The number of sulfonamides is 2. The van der Waals surface area contributed by atoms with E-state index < -0.39 is 20.0 Å². The third kappa shape index (κ3) is 18.2. The van der Waals surface area contributed by atoms with Gasteiger partial charge in [0.25, 0.3) is 23.6 Å². The van der Waals surface area contributed by atoms with E-state index in [-0.39, 0.29) is 93.4 Å². The Labute approximate surface area is 617 Å². The summed E-state index contributed by atoms with van der Waals surface area (Å²) in [6.07, 6.45) is 14.9. The van der Waals surface area contributed by atoms with Crippen LogP contribution in [0.4, 0.5) is 23.0 Å². The standard InChI is InChI=1S/C30H38ClN9O4S.C19H18Cl3N5O3S.C15H17NO2.C3H7N.CO2.H4N2/c1-45(43,44)35-23-8-7-19(31)14-20(23)30(42)39-13-3-2-6-25(39)24-15-27-33-26(36-9-4-10-36)16-28(40(27)34-24)38-17-21(22(32)18-38)29(41)37-11-5-12-37;1-31(29,30)25-13-6-5-11(20)8-12(13)19(28)26-7-3-2-4-15(26)14-9-18-23-16(21)10-17(22)27(18)24-14;1-2-10-6-5-9-13(10)16-14(17)11-7-3-4-8-12(11)15(16)18;1-2-4-3-1;2-1-3;1-2/h7-8,14-16,21-22,25,35H,2-6,9-13,17-18,32H2,1H3;5-6,8-10,15,25H,2-4,7H2,1H3;3-4,7-8,10,13H,2,5-6,9H2,1H3;4H,1-3H2;;1-2H2/t21?,22?,25-;15-;;;;/m00..../s1. The molecule has 35 heteroatoms. The Morgan fingerprint density at radius 2 is 1.12 bits per heavy atom. The highest BCUT2D eigenvalue weighted by atomic mass is 35.5. The van der Waals surface area contributed by atoms with Crippen molar-refractivity contribution < 1.29 is 50.4 Å². The minimum absolute atomic E-state index is 0.0963. The van der Waals surface area contributed by atoms with Crippen LogP contribution in [0.15, 0.2) is 84.9 Å². The summed E-state index contributed by atoms with van der Waals surface area (Å²) >= 11 is 24.6. The molecule has 5 amide bonds. The average molecular weight is 1540 g/mol. The number of hydrazine groups is 1. The van der Waals surface area contributed by atoms with Gasteiger partial charge in [-0.2, -0.15) is 24.3 Å². The van der Waals surface area contributed by atoms with Crippen molar-refractivity contribution in [2.75, 3.05) is 97.2 Å². The number of nitrogens with two attached hydrogens (primary N) is 3. The molecule has 0 spiro atoms. The van der Waals surface area contributed by atoms with Crippen LogP contribution < -0.4 is 42.0 Å². The number of carbonyl (C=O) groups excluding carboxylic acids is 7. The molecular formula is C68H84Cl4N18O11S2. The first-order valence-electron chi connectivity index (χ1n) is 34.2. The monoisotopic (exact) mass is 1530 g/mol. The van der Waals surface area contributed by atoms with E-state index in [0.717, 1.165) is 115 Å². The van der Waals surface area contributed by atoms with Crippen LogP contribution in [-0.4, -0.2) is 191 Å². The van der Waals surface area contributed by atoms with E-state index in [0.29, 0.717) is 93.9 Å². The number of imide groups is 1. The van der Waals surface area contributed by atoms with Gasteiger partial charge in [-0.1, -0.05) is 78.3 Å². The number of benzene rings is 3. The van der Waals surface area contributed by atoms with Crippen LogP contribution in [0.2, 0.25) is 20.4 Å². The maximum Gasteiger partial charge on any atom is 0.373 e. The summed E-state index contributed by atoms with van der Waals surface area (Å²) in [5.74, 6) is 9.14. The first kappa shape index (κ1) is 77.5. The molecule has 0 radical (unpaired) electrons. The Hall–Kier alpha value is -8.07. The normalized spacial score (nSPS) is 21.3. The molecular weight excluding hydrogens is 1450 g/mol. The summed E-state index contributed by atoms with van der Waals surface area (Å²) in [5.41, 5.74) is 10.9. The fraction of sp³-hybridized carbons (Fsp3) is 0.471. The number of amides is 5. The molecule has 1 saturated carbocycles. The molecule has 9 N–H and O–H groups in total. The number of piperidine rings is 2. The molecule has 6 atom stereocenters. The van der Waals surface area contributed by atoms with Crippen molar-refractivity contribution in [1.29, 1.82) is 0 Å². The quantitative estimate of drug-likeness (QED) is 0.0277. The number of carbonyl (C=O) groups is 5. The second kappa shape index (κ2) is 34.2. The van der Waals surface area contributed by atoms with Gasteiger partial charge < -0.3 is 35.6 Å². The van der Waals surface area contributed by atoms with E-state index in [1.165, 1.54) is 65.3 Å². The highest BCUT2D eigenvalue weighted by Crippen LogP contribution is 2.40. The summed E-state index contributed by atoms with van der Waals surface area (Å²) < 4.78 is 55.8. The minimum Gasteiger partial charge on any atom is -0.356 e. The predicted molar refractivity (Wildman–Crippen MR) is 392 cm³/mol. The summed E-state index contributed by atoms with van der Waals surface area (Å²) in [6.45, 7) is 10.1. The van der Waals surface area contributed by atoms with Crippen molar-refractivity contribution in [1.82, 2.24) is 54.1 Å². The molecule has 552 valence electrons. The van der Waals surface area contributed by atoms with Gasteiger partial charge in [0.1, 0.15) is 21.9 Å². The number of aromatic nitrogens is 6. The SMILES string of the molecule is C1CNC1.CCC1CCCC1N1C(=O)c2ccccc2C1=O.CS(=O)(=O)Nc1ccc(Cl)cc1C(=O)N1CCCC[C@H]1c1cc2nc(Cl)cc(Cl)n2n1.CS(=O)(=O)Nc1ccc(Cl)cc1C(=O)N1CCCC[C@H]1c1cc2nc(N3CCC3)cc(N3CC(N)C(C(=O)N4CCC4)C3)n2n1.NN.O=C=O. The maximum absolute atomic E-state index is 14.1. The molecule has 1 aliphatic carbocycles. The lowest BCUT2D eigenvalue weighted by Gasteiger charge is -2.35. The van der Waals surface area contributed by atoms with Crippen LogP contribution in [0.3, 0.4) is 0 Å². The maximum atomic E-state index is 14.1. The molecule has 3 aromatic carbocycles. The van der Waals surface area contributed by atoms with Crippen molar-refractivity contribution in [3.8, 4) is 0 Å². The number of likely N-dealkylation sites (tertiary alicyclic amines) is 3. The zero-order valence-corrected chi connectivity index (χ0v) is 61.9. The molecule has 6 saturated heterocycles. The van der Waals surface area contributed by atoms with E-state index in [1.54, 1.807) is 34.1 Å². The van der Waals surface area contributed by atoms with E-state index in [9.17, 15) is 40.8 Å². The highest BCUT2D eigenvalue weighted by Gasteiger charge is 2.45. The average Bonchev–Trinajstić information content (AvgIpc) is 1.63. The topological polar surface area (TPSA) is 382 Å². The van der Waals surface area contributed by atoms with Crippen molar-refractivity contribution >= 4 is 136 Å². The van der Waals surface area contributed by atoms with Gasteiger partial charge in [0.15, 0.2) is 11.3 Å². The lowest BCUT2D eigenvalue weighted by Crippen LogP contribution is -2.49. The van der Waals surface area contributed by atoms with Gasteiger partial charge >= 0.3 is 6.15 Å². The molecule has 4 aromatic heterocycles. The number of anilines is 4. The Morgan fingerprint density at radius 1 is 0.612 bits per heavy atom. The molecule has 0 bridgehead atoms. The Morgan fingerprint density at radius 3 is 1.58 bits per heavy atom. The van der Waals surface area contributed by atoms with Gasteiger partial charge in [-0.3, -0.25) is 50.0 Å². The van der Waals surface area contributed by atoms with E-state index in [1.807, 2.05) is 33.7 Å². The van der Waals surface area contributed by atoms with Gasteiger partial charge in [-0.25, -0.2) is 31.3 Å². The first-order chi connectivity index (χ1) is 49.3. The summed E-state index contributed by atoms with van der Waals surface area (Å²) in [4.78, 5) is 102. The summed E-state index contributed by atoms with van der Waals surface area (Å²) in [7, 11) is -7.21. The van der Waals surface area contributed by atoms with E-state index in [4.69, 9.17) is 71.8 Å². The third-order valence-electron chi connectivity index (χ3n) is 19.4. The van der Waals surface area contributed by atoms with Crippen molar-refractivity contribution in [3.63, 3.8) is 0 Å². The zero-order valence-electron chi connectivity index (χ0n) is 57.2. The molecule has 7 fully saturated rings. The molecule has 4 unspecified atom stereocenters. The fourth-order valence-corrected chi connectivity index (χ4v) is 15.9. The molecule has 15 rings (SSSR count). The van der Waals surface area contributed by atoms with Gasteiger partial charge in [0.2, 0.25) is 26.0 Å². The number of nitrogens with zero attached hydrogens (tertiary/aromatic N) is 12. The van der Waals surface area contributed by atoms with Crippen molar-refractivity contribution in [2.45, 2.75) is 115 Å². The number of fused-ring (bicyclic) bond motifs is 3. The lowest BCUT2D eigenvalue weighted by atomic mass is 9.98. The smallest absolute Gasteiger partial charge is 0.356 e. The Kier molecular flexibility index (Phi) is 25.8. The van der Waals surface area contributed by atoms with Gasteiger partial charge in [-0.15, -0.1) is 0 Å². The fourth-order valence-electron chi connectivity index (χ4n) is 14.0. The molecule has 103 heavy (non-hydrogen) atoms. The van der Waals surface area contributed by atoms with Crippen LogP contribution >= 0.6 is 46.4 Å². The van der Waals surface area contributed by atoms with Gasteiger partial charge in [0.05, 0.1) is 75.5 Å². The summed E-state index contributed by atoms with van der Waals surface area (Å²) in [5, 5.41) is 13.9. The van der Waals surface area contributed by atoms with Crippen LogP contribution in [0.1, 0.15) is 155 Å². The van der Waals surface area contributed by atoms with Crippen LogP contribution in [0, 0.1) is 11.8 Å². The number of nitrogens with one attached hydrogen (secondary N) is 3. The molecule has 7 aliphatic heterocycles. The second-order valence-electron chi connectivity index (χ2n) is 26.3. The Bertz CT molecular complexity index is 4510. The zero-order chi connectivity index (χ0) is 74.0. The lowest BCUT2D eigenvalue weighted by molar-refractivity contribution is -0.191. The van der Waals surface area contributed by atoms with Gasteiger partial charge in [-0.05, 0) is 138 Å². The van der Waals surface area contributed by atoms with Crippen molar-refractivity contribution in [3.05, 3.63) is 139 Å². The number of halogens is 4. The van der Waals surface area contributed by atoms with Crippen LogP contribution in [-0.2, 0) is 34.4 Å².